The molecule has 0 saturated carbocycles. The second-order valence-electron chi connectivity index (χ2n) is 7.25. The van der Waals surface area contributed by atoms with Gasteiger partial charge >= 0.3 is 5.97 Å². The smallest absolute Gasteiger partial charge is 0.327 e. The fourth-order valence-corrected chi connectivity index (χ4v) is 3.03. The number of hydrogen-bond acceptors (Lipinski definition) is 8. The molecular weight excluding hydrogens is 458 g/mol. The van der Waals surface area contributed by atoms with Gasteiger partial charge in [0.2, 0.25) is 17.7 Å². The van der Waals surface area contributed by atoms with Gasteiger partial charge in [-0.15, -0.1) is 0 Å². The van der Waals surface area contributed by atoms with Crippen molar-refractivity contribution in [2.75, 3.05) is 18.1 Å². The Balaban J connectivity index is 5.12. The van der Waals surface area contributed by atoms with Crippen LogP contribution in [0.15, 0.2) is 4.99 Å². The van der Waals surface area contributed by atoms with Crippen LogP contribution in [-0.4, -0.2) is 77.0 Å². The molecular formula is C18H35N7O5S2. The van der Waals surface area contributed by atoms with Gasteiger partial charge in [0.25, 0.3) is 0 Å². The van der Waals surface area contributed by atoms with Crippen LogP contribution in [0.25, 0.3) is 0 Å². The third kappa shape index (κ3) is 10.9. The van der Waals surface area contributed by atoms with E-state index in [1.807, 2.05) is 6.92 Å². The number of amides is 3. The fraction of sp³-hybridized carbons (Fsp3) is 0.722. The Hall–Kier alpha value is -2.19. The van der Waals surface area contributed by atoms with Crippen molar-refractivity contribution in [2.24, 2.45) is 28.1 Å². The molecule has 0 heterocycles. The number of hydrogen-bond donors (Lipinski definition) is 9. The topological polar surface area (TPSA) is 215 Å². The summed E-state index contributed by atoms with van der Waals surface area (Å²) in [5.41, 5.74) is 16.4. The Morgan fingerprint density at radius 2 is 1.53 bits per heavy atom. The van der Waals surface area contributed by atoms with Crippen LogP contribution in [0.4, 0.5) is 0 Å². The fourth-order valence-electron chi connectivity index (χ4n) is 2.53. The highest BCUT2D eigenvalue weighted by Gasteiger charge is 2.31. The maximum absolute atomic E-state index is 12.8. The lowest BCUT2D eigenvalue weighted by Gasteiger charge is -2.27. The van der Waals surface area contributed by atoms with Crippen LogP contribution in [0.2, 0.25) is 0 Å². The van der Waals surface area contributed by atoms with Crippen molar-refractivity contribution < 1.29 is 24.3 Å². The van der Waals surface area contributed by atoms with Gasteiger partial charge in [-0.3, -0.25) is 19.4 Å². The van der Waals surface area contributed by atoms with Crippen LogP contribution >= 0.6 is 25.3 Å². The van der Waals surface area contributed by atoms with Gasteiger partial charge in [-0.1, -0.05) is 20.3 Å². The molecule has 0 aromatic rings. The van der Waals surface area contributed by atoms with Crippen LogP contribution < -0.4 is 33.2 Å². The van der Waals surface area contributed by atoms with Crippen molar-refractivity contribution in [1.29, 1.82) is 0 Å². The second kappa shape index (κ2) is 15.6. The highest BCUT2D eigenvalue weighted by molar-refractivity contribution is 7.80. The molecule has 5 unspecified atom stereocenters. The Labute approximate surface area is 198 Å². The summed E-state index contributed by atoms with van der Waals surface area (Å²) in [7, 11) is 0. The molecule has 32 heavy (non-hydrogen) atoms. The zero-order valence-corrected chi connectivity index (χ0v) is 20.1. The Bertz CT molecular complexity index is 676. The molecule has 10 N–H and O–H groups in total. The molecule has 0 saturated heterocycles. The lowest BCUT2D eigenvalue weighted by molar-refractivity contribution is -0.141. The predicted molar refractivity (Wildman–Crippen MR) is 128 cm³/mol. The van der Waals surface area contributed by atoms with Gasteiger partial charge in [0.05, 0.1) is 6.04 Å². The number of nitrogens with one attached hydrogen (secondary N) is 3. The molecule has 0 radical (unpaired) electrons. The Kier molecular flexibility index (Phi) is 14.5. The van der Waals surface area contributed by atoms with Crippen molar-refractivity contribution in [3.8, 4) is 0 Å². The third-order valence-corrected chi connectivity index (χ3v) is 5.44. The molecule has 0 aromatic carbocycles. The number of carbonyl (C=O) groups excluding carboxylic acids is 3. The molecule has 14 heteroatoms. The summed E-state index contributed by atoms with van der Waals surface area (Å²) in [5, 5.41) is 16.5. The maximum Gasteiger partial charge on any atom is 0.327 e. The van der Waals surface area contributed by atoms with Gasteiger partial charge in [-0.05, 0) is 18.8 Å². The summed E-state index contributed by atoms with van der Waals surface area (Å²) in [5.74, 6) is -3.63. The van der Waals surface area contributed by atoms with Crippen molar-refractivity contribution in [2.45, 2.75) is 57.3 Å². The van der Waals surface area contributed by atoms with Gasteiger partial charge in [-0.25, -0.2) is 4.79 Å². The first kappa shape index (κ1) is 29.8. The zero-order valence-electron chi connectivity index (χ0n) is 18.3. The molecule has 0 fully saturated rings. The lowest BCUT2D eigenvalue weighted by atomic mass is 9.97. The first-order valence-electron chi connectivity index (χ1n) is 10.1. The minimum Gasteiger partial charge on any atom is -0.480 e. The summed E-state index contributed by atoms with van der Waals surface area (Å²) in [6.45, 7) is 3.94. The molecule has 0 aliphatic rings. The molecule has 0 aliphatic heterocycles. The monoisotopic (exact) mass is 493 g/mol. The highest BCUT2D eigenvalue weighted by Crippen LogP contribution is 2.10. The largest absolute Gasteiger partial charge is 0.480 e. The molecule has 12 nitrogen and oxygen atoms in total. The molecule has 3 amide bonds. The molecule has 5 atom stereocenters. The van der Waals surface area contributed by atoms with E-state index in [0.717, 1.165) is 0 Å². The second-order valence-corrected chi connectivity index (χ2v) is 7.98. The number of rotatable bonds is 15. The van der Waals surface area contributed by atoms with Crippen LogP contribution in [-0.2, 0) is 19.2 Å². The van der Waals surface area contributed by atoms with Crippen molar-refractivity contribution in [3.05, 3.63) is 0 Å². The first-order valence-corrected chi connectivity index (χ1v) is 11.4. The summed E-state index contributed by atoms with van der Waals surface area (Å²) in [6, 6.07) is -4.15. The van der Waals surface area contributed by atoms with E-state index in [4.69, 9.17) is 22.3 Å². The van der Waals surface area contributed by atoms with E-state index in [9.17, 15) is 19.2 Å². The molecule has 0 aliphatic carbocycles. The van der Waals surface area contributed by atoms with E-state index in [1.54, 1.807) is 6.92 Å². The maximum atomic E-state index is 12.8. The number of guanidine groups is 1. The van der Waals surface area contributed by atoms with Crippen molar-refractivity contribution in [1.82, 2.24) is 16.0 Å². The van der Waals surface area contributed by atoms with E-state index in [-0.39, 0.29) is 23.4 Å². The molecule has 184 valence electrons. The van der Waals surface area contributed by atoms with E-state index >= 15 is 0 Å². The molecule has 0 bridgehead atoms. The van der Waals surface area contributed by atoms with E-state index in [1.165, 1.54) is 0 Å². The van der Waals surface area contributed by atoms with Crippen LogP contribution in [0.1, 0.15) is 33.1 Å². The van der Waals surface area contributed by atoms with Crippen LogP contribution in [0.3, 0.4) is 0 Å². The standard InChI is InChI=1S/C18H35N7O5S2/c1-3-9(2)13(25-14(26)10(19)5-4-6-22-18(20)21)16(28)23-11(7-31)15(27)24-12(8-32)17(29)30/h9-13,31-32H,3-8,19H2,1-2H3,(H,23,28)(H,24,27)(H,25,26)(H,29,30)(H4,20,21,22). The number of thiol groups is 2. The van der Waals surface area contributed by atoms with E-state index in [2.05, 4.69) is 46.2 Å². The zero-order chi connectivity index (χ0) is 24.8. The van der Waals surface area contributed by atoms with E-state index < -0.39 is 47.9 Å². The quantitative estimate of drug-likeness (QED) is 0.0527. The van der Waals surface area contributed by atoms with E-state index in [0.29, 0.717) is 25.8 Å². The van der Waals surface area contributed by atoms with Gasteiger partial charge in [-0.2, -0.15) is 25.3 Å². The minimum atomic E-state index is -1.25. The lowest BCUT2D eigenvalue weighted by Crippen LogP contribution is -2.59. The SMILES string of the molecule is CCC(C)C(NC(=O)C(N)CCCN=C(N)N)C(=O)NC(CS)C(=O)NC(CS)C(=O)O. The number of aliphatic carboxylic acids is 1. The summed E-state index contributed by atoms with van der Waals surface area (Å²) >= 11 is 7.95. The average Bonchev–Trinajstić information content (AvgIpc) is 2.75. The number of carboxylic acids is 1. The van der Waals surface area contributed by atoms with Crippen LogP contribution in [0.5, 0.6) is 0 Å². The average molecular weight is 494 g/mol. The van der Waals surface area contributed by atoms with Gasteiger partial charge in [0, 0.05) is 18.1 Å². The van der Waals surface area contributed by atoms with Gasteiger partial charge < -0.3 is 38.3 Å². The highest BCUT2D eigenvalue weighted by atomic mass is 32.1. The summed E-state index contributed by atoms with van der Waals surface area (Å²) < 4.78 is 0. The number of aliphatic imine (C=N–C) groups is 1. The van der Waals surface area contributed by atoms with Crippen LogP contribution in [0, 0.1) is 5.92 Å². The van der Waals surface area contributed by atoms with Gasteiger partial charge in [0.1, 0.15) is 18.1 Å². The predicted octanol–water partition coefficient (Wildman–Crippen LogP) is -2.19. The first-order chi connectivity index (χ1) is 15.0. The third-order valence-electron chi connectivity index (χ3n) is 4.71. The number of carboxylic acid groups (broad SMARTS) is 1. The normalized spacial score (nSPS) is 15.4. The van der Waals surface area contributed by atoms with Crippen molar-refractivity contribution >= 4 is 54.9 Å². The van der Waals surface area contributed by atoms with Crippen molar-refractivity contribution in [3.63, 3.8) is 0 Å². The molecule has 0 spiro atoms. The Morgan fingerprint density at radius 1 is 0.969 bits per heavy atom. The summed E-state index contributed by atoms with van der Waals surface area (Å²) in [4.78, 5) is 52.6. The summed E-state index contributed by atoms with van der Waals surface area (Å²) in [6.07, 6.45) is 1.35. The molecule has 0 rings (SSSR count). The minimum absolute atomic E-state index is 0.0525. The Morgan fingerprint density at radius 3 is 2.00 bits per heavy atom. The van der Waals surface area contributed by atoms with Gasteiger partial charge in [0.15, 0.2) is 5.96 Å². The number of nitrogens with two attached hydrogens (primary N) is 3. The number of nitrogens with zero attached hydrogens (tertiary/aromatic N) is 1. The molecule has 0 aromatic heterocycles. The number of carbonyl (C=O) groups is 4.